The van der Waals surface area contributed by atoms with Crippen LogP contribution in [0, 0.1) is 0 Å². The molecule has 1 atom stereocenters. The van der Waals surface area contributed by atoms with E-state index in [9.17, 15) is 18.0 Å². The lowest BCUT2D eigenvalue weighted by molar-refractivity contribution is -0.274. The Morgan fingerprint density at radius 3 is 2.33 bits per heavy atom. The van der Waals surface area contributed by atoms with E-state index in [0.717, 1.165) is 17.7 Å². The summed E-state index contributed by atoms with van der Waals surface area (Å²) in [6.45, 7) is 0. The molecule has 0 saturated carbocycles. The summed E-state index contributed by atoms with van der Waals surface area (Å²) in [7, 11) is 1.26. The van der Waals surface area contributed by atoms with E-state index in [2.05, 4.69) is 9.84 Å². The second-order valence-corrected chi connectivity index (χ2v) is 6.12. The van der Waals surface area contributed by atoms with Crippen LogP contribution in [0.5, 0.6) is 5.75 Å². The van der Waals surface area contributed by atoms with Crippen molar-refractivity contribution < 1.29 is 27.4 Å². The molecule has 1 aliphatic rings. The number of methoxy groups -OCH3 is 1. The molecule has 9 heteroatoms. The molecule has 3 rings (SSSR count). The molecule has 27 heavy (non-hydrogen) atoms. The van der Waals surface area contributed by atoms with Gasteiger partial charge in [-0.3, -0.25) is 5.01 Å². The zero-order valence-electron chi connectivity index (χ0n) is 14.0. The molecule has 0 bridgehead atoms. The van der Waals surface area contributed by atoms with Crippen LogP contribution in [0.1, 0.15) is 12.0 Å². The van der Waals surface area contributed by atoms with E-state index >= 15 is 0 Å². The molecule has 0 radical (unpaired) electrons. The molecule has 1 unspecified atom stereocenters. The van der Waals surface area contributed by atoms with Crippen LogP contribution in [0.25, 0.3) is 0 Å². The fourth-order valence-corrected chi connectivity index (χ4v) is 2.81. The number of carbonyl (C=O) groups excluding carboxylic acids is 1. The first kappa shape index (κ1) is 19.0. The number of ether oxygens (including phenoxy) is 2. The summed E-state index contributed by atoms with van der Waals surface area (Å²) >= 11 is 5.89. The Bertz CT molecular complexity index is 852. The number of alkyl halides is 3. The van der Waals surface area contributed by atoms with Gasteiger partial charge >= 0.3 is 12.3 Å². The molecule has 2 aromatic carbocycles. The molecular formula is C18H14ClF3N2O3. The first-order valence-electron chi connectivity index (χ1n) is 7.83. The second-order valence-electron chi connectivity index (χ2n) is 5.68. The minimum atomic E-state index is -4.77. The van der Waals surface area contributed by atoms with Gasteiger partial charge < -0.3 is 9.47 Å². The molecule has 0 N–H and O–H groups in total. The van der Waals surface area contributed by atoms with E-state index in [-0.39, 0.29) is 12.2 Å². The van der Waals surface area contributed by atoms with Crippen molar-refractivity contribution in [1.82, 2.24) is 0 Å². The Morgan fingerprint density at radius 2 is 1.78 bits per heavy atom. The van der Waals surface area contributed by atoms with E-state index in [0.29, 0.717) is 16.4 Å². The van der Waals surface area contributed by atoms with Gasteiger partial charge in [-0.1, -0.05) is 23.7 Å². The third kappa shape index (κ3) is 4.51. The van der Waals surface area contributed by atoms with E-state index in [4.69, 9.17) is 16.3 Å². The Kier molecular flexibility index (Phi) is 5.27. The number of halogens is 4. The van der Waals surface area contributed by atoms with Gasteiger partial charge in [0.15, 0.2) is 6.04 Å². The summed E-state index contributed by atoms with van der Waals surface area (Å²) in [5, 5.41) is 6.45. The maximum Gasteiger partial charge on any atom is 0.573 e. The predicted molar refractivity (Wildman–Crippen MR) is 94.0 cm³/mol. The summed E-state index contributed by atoms with van der Waals surface area (Å²) in [5.41, 5.74) is 1.86. The summed E-state index contributed by atoms with van der Waals surface area (Å²) in [6.07, 6.45) is -4.49. The standard InChI is InChI=1S/C18H14ClF3N2O3/c1-26-17(25)16-10-15(11-2-4-12(19)5-3-11)23-24(16)13-6-8-14(9-7-13)27-18(20,21)22/h2-9,16H,10H2,1H3. The minimum Gasteiger partial charge on any atom is -0.467 e. The van der Waals surface area contributed by atoms with Crippen molar-refractivity contribution in [3.8, 4) is 5.75 Å². The van der Waals surface area contributed by atoms with Gasteiger partial charge in [0.2, 0.25) is 0 Å². The van der Waals surface area contributed by atoms with Gasteiger partial charge in [-0.15, -0.1) is 13.2 Å². The molecule has 5 nitrogen and oxygen atoms in total. The monoisotopic (exact) mass is 398 g/mol. The van der Waals surface area contributed by atoms with Crippen LogP contribution < -0.4 is 9.75 Å². The highest BCUT2D eigenvalue weighted by molar-refractivity contribution is 6.30. The fourth-order valence-electron chi connectivity index (χ4n) is 2.69. The summed E-state index contributed by atoms with van der Waals surface area (Å²) in [6, 6.07) is 11.3. The summed E-state index contributed by atoms with van der Waals surface area (Å²) < 4.78 is 45.6. The van der Waals surface area contributed by atoms with Crippen molar-refractivity contribution in [3.63, 3.8) is 0 Å². The van der Waals surface area contributed by atoms with E-state index in [1.54, 1.807) is 24.3 Å². The van der Waals surface area contributed by atoms with Gasteiger partial charge in [0.05, 0.1) is 18.5 Å². The largest absolute Gasteiger partial charge is 0.573 e. The van der Waals surface area contributed by atoms with Gasteiger partial charge in [0.25, 0.3) is 0 Å². The Hall–Kier alpha value is -2.74. The highest BCUT2D eigenvalue weighted by Gasteiger charge is 2.35. The molecule has 0 amide bonds. The van der Waals surface area contributed by atoms with Crippen molar-refractivity contribution in [2.45, 2.75) is 18.8 Å². The maximum atomic E-state index is 12.3. The average molecular weight is 399 g/mol. The van der Waals surface area contributed by atoms with Crippen LogP contribution in [0.4, 0.5) is 18.9 Å². The van der Waals surface area contributed by atoms with Crippen LogP contribution in [0.15, 0.2) is 53.6 Å². The van der Waals surface area contributed by atoms with E-state index in [1.807, 2.05) is 0 Å². The minimum absolute atomic E-state index is 0.287. The van der Waals surface area contributed by atoms with Crippen LogP contribution in [-0.2, 0) is 9.53 Å². The number of esters is 1. The molecular weight excluding hydrogens is 385 g/mol. The van der Waals surface area contributed by atoms with Crippen molar-refractivity contribution in [3.05, 3.63) is 59.1 Å². The van der Waals surface area contributed by atoms with Crippen LogP contribution >= 0.6 is 11.6 Å². The predicted octanol–water partition coefficient (Wildman–Crippen LogP) is 4.39. The first-order chi connectivity index (χ1) is 12.8. The maximum absolute atomic E-state index is 12.3. The average Bonchev–Trinajstić information content (AvgIpc) is 3.06. The van der Waals surface area contributed by atoms with E-state index in [1.165, 1.54) is 24.3 Å². The molecule has 1 aliphatic heterocycles. The summed E-state index contributed by atoms with van der Waals surface area (Å²) in [4.78, 5) is 12.2. The molecule has 0 saturated heterocycles. The molecule has 0 spiro atoms. The lowest BCUT2D eigenvalue weighted by atomic mass is 10.0. The Balaban J connectivity index is 1.89. The van der Waals surface area contributed by atoms with Gasteiger partial charge in [0.1, 0.15) is 5.75 Å². The Labute approximate surface area is 157 Å². The quantitative estimate of drug-likeness (QED) is 0.716. The topological polar surface area (TPSA) is 51.1 Å². The molecule has 0 fully saturated rings. The van der Waals surface area contributed by atoms with Crippen LogP contribution in [-0.4, -0.2) is 31.2 Å². The van der Waals surface area contributed by atoms with Gasteiger partial charge in [-0.05, 0) is 42.0 Å². The van der Waals surface area contributed by atoms with Crippen molar-refractivity contribution in [2.24, 2.45) is 5.10 Å². The second kappa shape index (κ2) is 7.48. The lowest BCUT2D eigenvalue weighted by Crippen LogP contribution is -2.35. The molecule has 142 valence electrons. The third-order valence-corrected chi connectivity index (χ3v) is 4.15. The Morgan fingerprint density at radius 1 is 1.15 bits per heavy atom. The number of carbonyl (C=O) groups is 1. The lowest BCUT2D eigenvalue weighted by Gasteiger charge is -2.21. The van der Waals surface area contributed by atoms with Gasteiger partial charge in [0, 0.05) is 11.4 Å². The van der Waals surface area contributed by atoms with Crippen molar-refractivity contribution in [1.29, 1.82) is 0 Å². The zero-order valence-corrected chi connectivity index (χ0v) is 14.8. The van der Waals surface area contributed by atoms with Crippen molar-refractivity contribution in [2.75, 3.05) is 12.1 Å². The van der Waals surface area contributed by atoms with Crippen LogP contribution in [0.3, 0.4) is 0 Å². The highest BCUT2D eigenvalue weighted by atomic mass is 35.5. The number of hydrogen-bond acceptors (Lipinski definition) is 5. The molecule has 2 aromatic rings. The van der Waals surface area contributed by atoms with Crippen LogP contribution in [0.2, 0.25) is 5.02 Å². The van der Waals surface area contributed by atoms with Gasteiger partial charge in [-0.25, -0.2) is 4.79 Å². The van der Waals surface area contributed by atoms with E-state index < -0.39 is 18.4 Å². The number of hydrazone groups is 1. The van der Waals surface area contributed by atoms with Crippen molar-refractivity contribution >= 4 is 29.0 Å². The SMILES string of the molecule is COC(=O)C1CC(c2ccc(Cl)cc2)=NN1c1ccc(OC(F)(F)F)cc1. The highest BCUT2D eigenvalue weighted by Crippen LogP contribution is 2.30. The number of anilines is 1. The third-order valence-electron chi connectivity index (χ3n) is 3.90. The number of hydrogen-bond donors (Lipinski definition) is 0. The molecule has 1 heterocycles. The molecule has 0 aromatic heterocycles. The number of benzene rings is 2. The van der Waals surface area contributed by atoms with Gasteiger partial charge in [-0.2, -0.15) is 5.10 Å². The summed E-state index contributed by atoms with van der Waals surface area (Å²) in [5.74, 6) is -0.861. The molecule has 0 aliphatic carbocycles. The zero-order chi connectivity index (χ0) is 19.6. The first-order valence-corrected chi connectivity index (χ1v) is 8.21. The normalized spacial score (nSPS) is 16.9. The fraction of sp³-hybridized carbons (Fsp3) is 0.222. The number of nitrogens with zero attached hydrogens (tertiary/aromatic N) is 2. The smallest absolute Gasteiger partial charge is 0.467 e. The number of rotatable bonds is 4.